The second kappa shape index (κ2) is 3.71. The Morgan fingerprint density at radius 3 is 2.64 bits per heavy atom. The lowest BCUT2D eigenvalue weighted by Crippen LogP contribution is -2.07. The number of rotatable bonds is 3. The summed E-state index contributed by atoms with van der Waals surface area (Å²) in [5.74, 6) is 0.549. The quantitative estimate of drug-likeness (QED) is 0.476. The lowest BCUT2D eigenvalue weighted by Gasteiger charge is -2.07. The van der Waals surface area contributed by atoms with Crippen molar-refractivity contribution < 1.29 is 0 Å². The Labute approximate surface area is 91.2 Å². The van der Waals surface area contributed by atoms with Crippen LogP contribution >= 0.6 is 23.2 Å². The van der Waals surface area contributed by atoms with Crippen molar-refractivity contribution in [1.29, 1.82) is 5.41 Å². The number of hydrogen-bond acceptors (Lipinski definition) is 4. The topological polar surface area (TPSA) is 61.7 Å². The van der Waals surface area contributed by atoms with Gasteiger partial charge in [-0.2, -0.15) is 0 Å². The fourth-order valence-electron chi connectivity index (χ4n) is 1.08. The predicted molar refractivity (Wildman–Crippen MR) is 56.6 cm³/mol. The van der Waals surface area contributed by atoms with E-state index in [9.17, 15) is 0 Å². The van der Waals surface area contributed by atoms with Crippen molar-refractivity contribution in [3.05, 3.63) is 16.0 Å². The van der Waals surface area contributed by atoms with Crippen LogP contribution in [0.5, 0.6) is 0 Å². The fraction of sp³-hybridized carbons (Fsp3) is 0.375. The Kier molecular flexibility index (Phi) is 2.56. The number of nitrogens with zero attached hydrogens (tertiary/aromatic N) is 2. The molecule has 2 rings (SSSR count). The van der Waals surface area contributed by atoms with Gasteiger partial charge in [-0.05, 0) is 24.4 Å². The van der Waals surface area contributed by atoms with Gasteiger partial charge in [-0.3, -0.25) is 0 Å². The summed E-state index contributed by atoms with van der Waals surface area (Å²) in [4.78, 5) is 7.75. The molecular formula is C8H8Cl2N4. The van der Waals surface area contributed by atoms with Gasteiger partial charge in [0.25, 0.3) is 0 Å². The predicted octanol–water partition coefficient (Wildman–Crippen LogP) is 2.36. The van der Waals surface area contributed by atoms with Crippen LogP contribution in [0, 0.1) is 5.41 Å². The van der Waals surface area contributed by atoms with Gasteiger partial charge in [-0.25, -0.2) is 9.97 Å². The number of hydrogen-bond donors (Lipinski definition) is 2. The maximum Gasteiger partial charge on any atom is 0.225 e. The molecule has 0 unspecified atom stereocenters. The van der Waals surface area contributed by atoms with Crippen LogP contribution in [0.1, 0.15) is 18.4 Å². The summed E-state index contributed by atoms with van der Waals surface area (Å²) in [6, 6.07) is 0.440. The second-order valence-corrected chi connectivity index (χ2v) is 3.80. The highest BCUT2D eigenvalue weighted by Gasteiger charge is 2.23. The summed E-state index contributed by atoms with van der Waals surface area (Å²) >= 11 is 11.5. The molecule has 0 bridgehead atoms. The van der Waals surface area contributed by atoms with Crippen molar-refractivity contribution in [2.45, 2.75) is 18.9 Å². The molecule has 1 saturated carbocycles. The normalized spacial score (nSPS) is 15.3. The van der Waals surface area contributed by atoms with Crippen LogP contribution in [0.25, 0.3) is 0 Å². The van der Waals surface area contributed by atoms with E-state index < -0.39 is 0 Å². The Morgan fingerprint density at radius 1 is 1.36 bits per heavy atom. The smallest absolute Gasteiger partial charge is 0.225 e. The molecular weight excluding hydrogens is 223 g/mol. The summed E-state index contributed by atoms with van der Waals surface area (Å²) in [7, 11) is 0. The minimum atomic E-state index is 0.101. The zero-order chi connectivity index (χ0) is 10.1. The third kappa shape index (κ3) is 1.96. The molecule has 1 aliphatic rings. The Bertz CT molecular complexity index is 376. The van der Waals surface area contributed by atoms with Crippen LogP contribution < -0.4 is 5.32 Å². The van der Waals surface area contributed by atoms with Gasteiger partial charge in [0.15, 0.2) is 0 Å². The van der Waals surface area contributed by atoms with Gasteiger partial charge >= 0.3 is 0 Å². The van der Waals surface area contributed by atoms with E-state index in [1.165, 1.54) is 0 Å². The molecule has 0 aliphatic heterocycles. The molecule has 0 spiro atoms. The highest BCUT2D eigenvalue weighted by Crippen LogP contribution is 2.28. The van der Waals surface area contributed by atoms with Crippen LogP contribution in [0.3, 0.4) is 0 Å². The van der Waals surface area contributed by atoms with E-state index in [0.29, 0.717) is 17.4 Å². The summed E-state index contributed by atoms with van der Waals surface area (Å²) in [6.07, 6.45) is 3.37. The first kappa shape index (κ1) is 9.68. The average molecular weight is 231 g/mol. The van der Waals surface area contributed by atoms with Gasteiger partial charge in [0.1, 0.15) is 11.0 Å². The first-order valence-electron chi connectivity index (χ1n) is 4.20. The minimum Gasteiger partial charge on any atom is -0.367 e. The zero-order valence-corrected chi connectivity index (χ0v) is 8.73. The van der Waals surface area contributed by atoms with Crippen LogP contribution in [-0.4, -0.2) is 22.2 Å². The second-order valence-electron chi connectivity index (χ2n) is 3.11. The van der Waals surface area contributed by atoms with Gasteiger partial charge in [0.2, 0.25) is 5.28 Å². The van der Waals surface area contributed by atoms with Crippen molar-refractivity contribution in [2.24, 2.45) is 0 Å². The molecule has 1 aromatic rings. The van der Waals surface area contributed by atoms with Crippen LogP contribution in [-0.2, 0) is 0 Å². The molecule has 0 aromatic carbocycles. The van der Waals surface area contributed by atoms with E-state index in [1.54, 1.807) is 0 Å². The van der Waals surface area contributed by atoms with Crippen molar-refractivity contribution in [1.82, 2.24) is 9.97 Å². The molecule has 4 nitrogen and oxygen atoms in total. The maximum absolute atomic E-state index is 7.19. The fourth-order valence-corrected chi connectivity index (χ4v) is 1.51. The maximum atomic E-state index is 7.19. The highest BCUT2D eigenvalue weighted by molar-refractivity contribution is 6.34. The molecule has 1 aromatic heterocycles. The molecule has 14 heavy (non-hydrogen) atoms. The number of halogens is 2. The summed E-state index contributed by atoms with van der Waals surface area (Å²) in [5.41, 5.74) is 0.489. The molecule has 0 saturated heterocycles. The monoisotopic (exact) mass is 230 g/mol. The SMILES string of the molecule is N=Cc1c(Cl)nc(Cl)nc1NC1CC1. The van der Waals surface area contributed by atoms with Crippen molar-refractivity contribution >= 4 is 35.2 Å². The standard InChI is InChI=1S/C8H8Cl2N4/c9-6-5(3-11)7(12-4-1-2-4)14-8(10)13-6/h3-4,11H,1-2H2,(H,12,13,14). The Hall–Kier alpha value is -0.870. The van der Waals surface area contributed by atoms with E-state index in [4.69, 9.17) is 28.6 Å². The van der Waals surface area contributed by atoms with Crippen LogP contribution in [0.15, 0.2) is 0 Å². The van der Waals surface area contributed by atoms with Gasteiger partial charge < -0.3 is 10.7 Å². The first-order valence-corrected chi connectivity index (χ1v) is 4.96. The summed E-state index contributed by atoms with van der Waals surface area (Å²) < 4.78 is 0. The van der Waals surface area contributed by atoms with E-state index >= 15 is 0 Å². The van der Waals surface area contributed by atoms with Gasteiger partial charge in [-0.1, -0.05) is 11.6 Å². The van der Waals surface area contributed by atoms with Crippen LogP contribution in [0.4, 0.5) is 5.82 Å². The van der Waals surface area contributed by atoms with Gasteiger partial charge in [0.05, 0.1) is 5.56 Å². The molecule has 2 N–H and O–H groups in total. The van der Waals surface area contributed by atoms with E-state index in [0.717, 1.165) is 19.1 Å². The molecule has 1 heterocycles. The summed E-state index contributed by atoms with van der Waals surface area (Å²) in [6.45, 7) is 0. The van der Waals surface area contributed by atoms with Crippen molar-refractivity contribution in [3.63, 3.8) is 0 Å². The highest BCUT2D eigenvalue weighted by atomic mass is 35.5. The number of nitrogens with one attached hydrogen (secondary N) is 2. The van der Waals surface area contributed by atoms with Gasteiger partial charge in [-0.15, -0.1) is 0 Å². The van der Waals surface area contributed by atoms with E-state index in [-0.39, 0.29) is 10.4 Å². The number of aromatic nitrogens is 2. The lowest BCUT2D eigenvalue weighted by atomic mass is 10.3. The average Bonchev–Trinajstić information content (AvgIpc) is 2.87. The first-order chi connectivity index (χ1) is 6.70. The van der Waals surface area contributed by atoms with Crippen molar-refractivity contribution in [2.75, 3.05) is 5.32 Å². The molecule has 74 valence electrons. The molecule has 1 aliphatic carbocycles. The van der Waals surface area contributed by atoms with Crippen molar-refractivity contribution in [3.8, 4) is 0 Å². The Morgan fingerprint density at radius 2 is 2.07 bits per heavy atom. The largest absolute Gasteiger partial charge is 0.367 e. The molecule has 1 fully saturated rings. The third-order valence-electron chi connectivity index (χ3n) is 1.93. The third-order valence-corrected chi connectivity index (χ3v) is 2.39. The number of anilines is 1. The molecule has 6 heteroatoms. The Balaban J connectivity index is 2.37. The lowest BCUT2D eigenvalue weighted by molar-refractivity contribution is 1.08. The van der Waals surface area contributed by atoms with Crippen LogP contribution in [0.2, 0.25) is 10.4 Å². The van der Waals surface area contributed by atoms with E-state index in [1.807, 2.05) is 0 Å². The summed E-state index contributed by atoms with van der Waals surface area (Å²) in [5, 5.41) is 10.6. The molecule has 0 atom stereocenters. The molecule has 0 radical (unpaired) electrons. The minimum absolute atomic E-state index is 0.101. The van der Waals surface area contributed by atoms with Gasteiger partial charge in [0, 0.05) is 12.3 Å². The van der Waals surface area contributed by atoms with E-state index in [2.05, 4.69) is 15.3 Å². The molecule has 0 amide bonds. The zero-order valence-electron chi connectivity index (χ0n) is 7.22.